The molecule has 108 valence electrons. The lowest BCUT2D eigenvalue weighted by atomic mass is 9.79. The van der Waals surface area contributed by atoms with E-state index in [1.165, 1.54) is 12.1 Å². The number of Topliss-reactive ketones (excluding diaryl/α,β-unsaturated/α-hetero) is 1. The fourth-order valence-electron chi connectivity index (χ4n) is 3.55. The van der Waals surface area contributed by atoms with Crippen LogP contribution in [0.25, 0.3) is 0 Å². The van der Waals surface area contributed by atoms with Crippen LogP contribution in [0.4, 0.5) is 13.2 Å². The molecule has 3 saturated heterocycles. The van der Waals surface area contributed by atoms with Gasteiger partial charge in [0.1, 0.15) is 0 Å². The predicted octanol–water partition coefficient (Wildman–Crippen LogP) is 1.49. The number of fused-ring (bicyclic) bond motifs is 3. The van der Waals surface area contributed by atoms with Crippen molar-refractivity contribution >= 4 is 5.78 Å². The minimum absolute atomic E-state index is 0.0792. The normalized spacial score (nSPS) is 29.8. The minimum Gasteiger partial charge on any atom is -0.326 e. The van der Waals surface area contributed by atoms with Gasteiger partial charge in [-0.15, -0.1) is 0 Å². The molecule has 20 heavy (non-hydrogen) atoms. The van der Waals surface area contributed by atoms with Gasteiger partial charge in [-0.05, 0) is 11.6 Å². The number of nitrogens with one attached hydrogen (secondary N) is 1. The summed E-state index contributed by atoms with van der Waals surface area (Å²) in [5.41, 5.74) is -0.353. The summed E-state index contributed by atoms with van der Waals surface area (Å²) in [6.07, 6.45) is -2.35. The highest BCUT2D eigenvalue weighted by Gasteiger charge is 2.45. The maximum atomic E-state index is 13.0. The van der Waals surface area contributed by atoms with Crippen molar-refractivity contribution in [3.63, 3.8) is 0 Å². The van der Waals surface area contributed by atoms with Crippen LogP contribution in [-0.2, 0) is 17.4 Å². The summed E-state index contributed by atoms with van der Waals surface area (Å²) in [7, 11) is 0. The Morgan fingerprint density at radius 3 is 2.40 bits per heavy atom. The van der Waals surface area contributed by atoms with Crippen LogP contribution in [0.5, 0.6) is 0 Å². The molecule has 1 aromatic rings. The Morgan fingerprint density at radius 2 is 1.80 bits per heavy atom. The molecule has 3 aliphatic heterocycles. The average molecular weight is 284 g/mol. The quantitative estimate of drug-likeness (QED) is 0.873. The summed E-state index contributed by atoms with van der Waals surface area (Å²) >= 11 is 0. The summed E-state index contributed by atoms with van der Waals surface area (Å²) in [5.74, 6) is 0.241. The molecule has 1 N–H and O–H groups in total. The van der Waals surface area contributed by atoms with Gasteiger partial charge in [0.05, 0.1) is 18.7 Å². The molecule has 2 bridgehead atoms. The number of rotatable bonds is 2. The van der Waals surface area contributed by atoms with Gasteiger partial charge in [0.15, 0.2) is 11.8 Å². The third-order valence-corrected chi connectivity index (χ3v) is 4.61. The number of piperidine rings is 3. The zero-order chi connectivity index (χ0) is 14.3. The first-order valence-corrected chi connectivity index (χ1v) is 7.00. The molecule has 3 heterocycles. The molecule has 3 aliphatic rings. The van der Waals surface area contributed by atoms with Crippen molar-refractivity contribution in [2.75, 3.05) is 13.1 Å². The van der Waals surface area contributed by atoms with Crippen molar-refractivity contribution in [1.82, 2.24) is 0 Å². The molecule has 3 fully saturated rings. The highest BCUT2D eigenvalue weighted by molar-refractivity contribution is 5.86. The van der Waals surface area contributed by atoms with Crippen LogP contribution in [0, 0.1) is 5.92 Å². The molecule has 0 spiro atoms. The zero-order valence-electron chi connectivity index (χ0n) is 11.0. The van der Waals surface area contributed by atoms with Crippen molar-refractivity contribution < 1.29 is 22.9 Å². The first-order chi connectivity index (χ1) is 9.47. The van der Waals surface area contributed by atoms with Crippen molar-refractivity contribution in [3.8, 4) is 0 Å². The molecule has 0 unspecified atom stereocenters. The molecule has 1 aromatic carbocycles. The third-order valence-electron chi connectivity index (χ3n) is 4.61. The Kier molecular flexibility index (Phi) is 3.32. The predicted molar refractivity (Wildman–Crippen MR) is 67.4 cm³/mol. The lowest BCUT2D eigenvalue weighted by Crippen LogP contribution is -3.20. The van der Waals surface area contributed by atoms with E-state index in [0.717, 1.165) is 36.9 Å². The largest absolute Gasteiger partial charge is 0.416 e. The highest BCUT2D eigenvalue weighted by atomic mass is 19.4. The van der Waals surface area contributed by atoms with Gasteiger partial charge in [0.25, 0.3) is 0 Å². The minimum atomic E-state index is -4.35. The van der Waals surface area contributed by atoms with Crippen LogP contribution >= 0.6 is 0 Å². The third kappa shape index (κ3) is 2.35. The second-order valence-corrected chi connectivity index (χ2v) is 5.75. The van der Waals surface area contributed by atoms with Gasteiger partial charge in [-0.3, -0.25) is 4.79 Å². The summed E-state index contributed by atoms with van der Waals surface area (Å²) in [5, 5.41) is 0. The first-order valence-electron chi connectivity index (χ1n) is 7.00. The van der Waals surface area contributed by atoms with E-state index in [2.05, 4.69) is 0 Å². The van der Waals surface area contributed by atoms with E-state index in [1.54, 1.807) is 6.07 Å². The number of hydrogen-bond acceptors (Lipinski definition) is 1. The van der Waals surface area contributed by atoms with Crippen LogP contribution in [-0.4, -0.2) is 24.9 Å². The molecular formula is C15H17F3NO+. The van der Waals surface area contributed by atoms with Crippen molar-refractivity contribution in [2.45, 2.75) is 31.5 Å². The number of carbonyl (C=O) groups excluding carboxylic acids is 1. The lowest BCUT2D eigenvalue weighted by Gasteiger charge is -2.41. The molecule has 2 nitrogen and oxygen atoms in total. The molecule has 0 saturated carbocycles. The van der Waals surface area contributed by atoms with E-state index in [-0.39, 0.29) is 29.7 Å². The molecule has 5 heteroatoms. The molecule has 0 aliphatic carbocycles. The summed E-state index contributed by atoms with van der Waals surface area (Å²) in [4.78, 5) is 13.4. The van der Waals surface area contributed by atoms with Crippen molar-refractivity contribution in [2.24, 2.45) is 5.92 Å². The standard InChI is InChI=1S/C15H16F3NO/c16-15(17,18)12-4-2-1-3-11(12)9-13-14(20)10-5-7-19(13)8-6-10/h1-4,10,13H,5-9H2/p+1/t13-/m1/s1. The number of ketones is 1. The molecule has 0 radical (unpaired) electrons. The monoisotopic (exact) mass is 284 g/mol. The first kappa shape index (κ1) is 13.6. The van der Waals surface area contributed by atoms with Gasteiger partial charge >= 0.3 is 6.18 Å². The topological polar surface area (TPSA) is 21.5 Å². The summed E-state index contributed by atoms with van der Waals surface area (Å²) in [6.45, 7) is 1.82. The van der Waals surface area contributed by atoms with Gasteiger partial charge < -0.3 is 4.90 Å². The second-order valence-electron chi connectivity index (χ2n) is 5.75. The van der Waals surface area contributed by atoms with Crippen LogP contribution in [0.3, 0.4) is 0 Å². The van der Waals surface area contributed by atoms with Crippen LogP contribution in [0.1, 0.15) is 24.0 Å². The van der Waals surface area contributed by atoms with Crippen molar-refractivity contribution in [1.29, 1.82) is 0 Å². The molecule has 1 atom stereocenters. The number of alkyl halides is 3. The van der Waals surface area contributed by atoms with Gasteiger partial charge in [-0.25, -0.2) is 0 Å². The Morgan fingerprint density at radius 1 is 1.15 bits per heavy atom. The number of carbonyl (C=O) groups is 1. The SMILES string of the molecule is O=C1C2CC[NH+](CC2)[C@@H]1Cc1ccccc1C(F)(F)F. The maximum absolute atomic E-state index is 13.0. The van der Waals surface area contributed by atoms with E-state index < -0.39 is 11.7 Å². The van der Waals surface area contributed by atoms with Crippen molar-refractivity contribution in [3.05, 3.63) is 35.4 Å². The zero-order valence-corrected chi connectivity index (χ0v) is 11.0. The Balaban J connectivity index is 1.87. The molecule has 4 rings (SSSR count). The smallest absolute Gasteiger partial charge is 0.326 e. The maximum Gasteiger partial charge on any atom is 0.416 e. The number of hydrogen-bond donors (Lipinski definition) is 1. The Hall–Kier alpha value is -1.36. The fourth-order valence-corrected chi connectivity index (χ4v) is 3.55. The second kappa shape index (κ2) is 4.88. The van der Waals surface area contributed by atoms with Gasteiger partial charge in [-0.1, -0.05) is 18.2 Å². The van der Waals surface area contributed by atoms with Crippen LogP contribution in [0.15, 0.2) is 24.3 Å². The average Bonchev–Trinajstić information content (AvgIpc) is 2.43. The number of quaternary nitrogens is 1. The fraction of sp³-hybridized carbons (Fsp3) is 0.533. The summed E-state index contributed by atoms with van der Waals surface area (Å²) < 4.78 is 39.0. The van der Waals surface area contributed by atoms with Gasteiger partial charge in [-0.2, -0.15) is 13.2 Å². The molecular weight excluding hydrogens is 267 g/mol. The van der Waals surface area contributed by atoms with Crippen LogP contribution in [0.2, 0.25) is 0 Å². The molecule has 0 aromatic heterocycles. The van der Waals surface area contributed by atoms with Gasteiger partial charge in [0, 0.05) is 25.2 Å². The van der Waals surface area contributed by atoms with E-state index in [0.29, 0.717) is 0 Å². The lowest BCUT2D eigenvalue weighted by molar-refractivity contribution is -0.927. The van der Waals surface area contributed by atoms with E-state index in [1.807, 2.05) is 0 Å². The highest BCUT2D eigenvalue weighted by Crippen LogP contribution is 2.32. The number of halogens is 3. The number of benzene rings is 1. The van der Waals surface area contributed by atoms with E-state index in [9.17, 15) is 18.0 Å². The molecule has 0 amide bonds. The Bertz CT molecular complexity index is 518. The van der Waals surface area contributed by atoms with Crippen LogP contribution < -0.4 is 4.90 Å². The summed E-state index contributed by atoms with van der Waals surface area (Å²) in [6, 6.07) is 5.32. The van der Waals surface area contributed by atoms with E-state index in [4.69, 9.17) is 0 Å². The van der Waals surface area contributed by atoms with E-state index >= 15 is 0 Å². The van der Waals surface area contributed by atoms with Gasteiger partial charge in [0.2, 0.25) is 0 Å². The Labute approximate surface area is 115 Å².